The highest BCUT2D eigenvalue weighted by atomic mass is 16.6. The lowest BCUT2D eigenvalue weighted by Gasteiger charge is -2.31. The molecule has 8 heteroatoms. The first-order valence-corrected chi connectivity index (χ1v) is 12.0. The molecule has 3 amide bonds. The third-order valence-electron chi connectivity index (χ3n) is 6.91. The van der Waals surface area contributed by atoms with E-state index in [9.17, 15) is 14.4 Å². The van der Waals surface area contributed by atoms with Gasteiger partial charge in [0.05, 0.1) is 5.41 Å². The van der Waals surface area contributed by atoms with Crippen molar-refractivity contribution in [2.24, 2.45) is 5.92 Å². The highest BCUT2D eigenvalue weighted by Gasteiger charge is 2.47. The molecule has 0 bridgehead atoms. The maximum atomic E-state index is 13.3. The summed E-state index contributed by atoms with van der Waals surface area (Å²) in [5.41, 5.74) is 1.10. The smallest absolute Gasteiger partial charge is 0.408 e. The maximum absolute atomic E-state index is 13.3. The zero-order valence-electron chi connectivity index (χ0n) is 19.8. The van der Waals surface area contributed by atoms with Gasteiger partial charge in [-0.3, -0.25) is 9.59 Å². The largest absolute Gasteiger partial charge is 0.444 e. The molecule has 1 aliphatic carbocycles. The quantitative estimate of drug-likeness (QED) is 0.631. The molecule has 8 nitrogen and oxygen atoms in total. The first kappa shape index (κ1) is 23.5. The Bertz CT molecular complexity index is 911. The lowest BCUT2D eigenvalue weighted by molar-refractivity contribution is -0.124. The normalized spacial score (nSPS) is 21.1. The number of rotatable bonds is 4. The predicted octanol–water partition coefficient (Wildman–Crippen LogP) is 4.10. The van der Waals surface area contributed by atoms with Crippen molar-refractivity contribution in [1.82, 2.24) is 5.32 Å². The summed E-state index contributed by atoms with van der Waals surface area (Å²) >= 11 is 0. The molecule has 0 unspecified atom stereocenters. The summed E-state index contributed by atoms with van der Waals surface area (Å²) in [6, 6.07) is 4.88. The van der Waals surface area contributed by atoms with Crippen molar-refractivity contribution in [3.8, 4) is 0 Å². The predicted molar refractivity (Wildman–Crippen MR) is 125 cm³/mol. The van der Waals surface area contributed by atoms with E-state index in [1.807, 2.05) is 12.1 Å². The number of nitrogens with one attached hydrogen (secondary N) is 3. The van der Waals surface area contributed by atoms with Crippen LogP contribution in [-0.2, 0) is 24.5 Å². The molecule has 1 atom stereocenters. The molecule has 1 saturated heterocycles. The van der Waals surface area contributed by atoms with Gasteiger partial charge in [0.2, 0.25) is 11.8 Å². The lowest BCUT2D eigenvalue weighted by atomic mass is 9.75. The fraction of sp³-hybridized carbons (Fsp3) is 0.640. The van der Waals surface area contributed by atoms with Crippen LogP contribution in [-0.4, -0.2) is 42.8 Å². The summed E-state index contributed by atoms with van der Waals surface area (Å²) in [5, 5.41) is 8.76. The standard InChI is InChI=1S/C25H35N3O5/c1-24(2,3)33-23(31)28-20(16-7-5-4-6-8-16)21(29)26-17-9-10-18-19(15-17)27-22(30)25(18)11-13-32-14-12-25/h9-10,15-16,20H,4-8,11-14H2,1-3H3,(H,26,29)(H,27,30)(H,28,31)/t20-/m0/s1. The molecule has 1 aromatic carbocycles. The number of amides is 3. The Morgan fingerprint density at radius 3 is 2.52 bits per heavy atom. The molecule has 3 N–H and O–H groups in total. The summed E-state index contributed by atoms with van der Waals surface area (Å²) < 4.78 is 10.9. The van der Waals surface area contributed by atoms with Crippen LogP contribution in [0.15, 0.2) is 18.2 Å². The van der Waals surface area contributed by atoms with Crippen molar-refractivity contribution in [2.75, 3.05) is 23.8 Å². The molecule has 1 aromatic rings. The fourth-order valence-corrected chi connectivity index (χ4v) is 5.24. The van der Waals surface area contributed by atoms with Crippen molar-refractivity contribution < 1.29 is 23.9 Å². The molecule has 0 aromatic heterocycles. The van der Waals surface area contributed by atoms with Crippen molar-refractivity contribution >= 4 is 29.3 Å². The Morgan fingerprint density at radius 2 is 1.85 bits per heavy atom. The number of hydrogen-bond donors (Lipinski definition) is 3. The molecule has 4 rings (SSSR count). The van der Waals surface area contributed by atoms with Crippen LogP contribution in [0.2, 0.25) is 0 Å². The molecular formula is C25H35N3O5. The molecule has 2 heterocycles. The summed E-state index contributed by atoms with van der Waals surface area (Å²) in [6.07, 6.45) is 5.73. The Kier molecular flexibility index (Phi) is 6.66. The monoisotopic (exact) mass is 457 g/mol. The third kappa shape index (κ3) is 5.16. The molecular weight excluding hydrogens is 422 g/mol. The van der Waals surface area contributed by atoms with Gasteiger partial charge < -0.3 is 25.4 Å². The van der Waals surface area contributed by atoms with Gasteiger partial charge in [0, 0.05) is 24.6 Å². The van der Waals surface area contributed by atoms with Gasteiger partial charge in [-0.2, -0.15) is 0 Å². The van der Waals surface area contributed by atoms with E-state index in [1.54, 1.807) is 26.8 Å². The maximum Gasteiger partial charge on any atom is 0.408 e. The van der Waals surface area contributed by atoms with Crippen LogP contribution in [0, 0.1) is 5.92 Å². The van der Waals surface area contributed by atoms with E-state index in [1.165, 1.54) is 0 Å². The SMILES string of the molecule is CC(C)(C)OC(=O)N[C@H](C(=O)Nc1ccc2c(c1)NC(=O)C21CCOCC1)C1CCCCC1. The van der Waals surface area contributed by atoms with Crippen LogP contribution in [0.1, 0.15) is 71.3 Å². The molecule has 0 radical (unpaired) electrons. The number of anilines is 2. The van der Waals surface area contributed by atoms with Gasteiger partial charge in [0.1, 0.15) is 11.6 Å². The van der Waals surface area contributed by atoms with Crippen LogP contribution < -0.4 is 16.0 Å². The average molecular weight is 458 g/mol. The van der Waals surface area contributed by atoms with Gasteiger partial charge in [-0.05, 0) is 70.1 Å². The molecule has 3 aliphatic rings. The van der Waals surface area contributed by atoms with Gasteiger partial charge in [-0.15, -0.1) is 0 Å². The number of alkyl carbamates (subject to hydrolysis) is 1. The Morgan fingerprint density at radius 1 is 1.15 bits per heavy atom. The van der Waals surface area contributed by atoms with Crippen LogP contribution in [0.4, 0.5) is 16.2 Å². The van der Waals surface area contributed by atoms with E-state index in [-0.39, 0.29) is 17.7 Å². The number of benzene rings is 1. The second-order valence-electron chi connectivity index (χ2n) is 10.4. The summed E-state index contributed by atoms with van der Waals surface area (Å²) in [5.74, 6) is -0.209. The number of fused-ring (bicyclic) bond motifs is 2. The van der Waals surface area contributed by atoms with Crippen LogP contribution >= 0.6 is 0 Å². The molecule has 2 aliphatic heterocycles. The number of hydrogen-bond acceptors (Lipinski definition) is 5. The Hall–Kier alpha value is -2.61. The molecule has 1 spiro atoms. The number of ether oxygens (including phenoxy) is 2. The van der Waals surface area contributed by atoms with Crippen molar-refractivity contribution in [3.63, 3.8) is 0 Å². The molecule has 33 heavy (non-hydrogen) atoms. The highest BCUT2D eigenvalue weighted by Crippen LogP contribution is 2.45. The van der Waals surface area contributed by atoms with E-state index in [4.69, 9.17) is 9.47 Å². The van der Waals surface area contributed by atoms with E-state index in [0.29, 0.717) is 31.7 Å². The Balaban J connectivity index is 1.50. The van der Waals surface area contributed by atoms with Crippen LogP contribution in [0.5, 0.6) is 0 Å². The topological polar surface area (TPSA) is 106 Å². The van der Waals surface area contributed by atoms with Gasteiger partial charge in [-0.25, -0.2) is 4.79 Å². The minimum atomic E-state index is -0.676. The first-order chi connectivity index (χ1) is 15.7. The molecule has 2 fully saturated rings. The number of carbonyl (C=O) groups is 3. The lowest BCUT2D eigenvalue weighted by Crippen LogP contribution is -2.50. The fourth-order valence-electron chi connectivity index (χ4n) is 5.24. The second kappa shape index (κ2) is 9.33. The van der Waals surface area contributed by atoms with Crippen molar-refractivity contribution in [1.29, 1.82) is 0 Å². The van der Waals surface area contributed by atoms with Gasteiger partial charge in [0.25, 0.3) is 0 Å². The second-order valence-corrected chi connectivity index (χ2v) is 10.4. The van der Waals surface area contributed by atoms with E-state index in [0.717, 1.165) is 43.4 Å². The summed E-state index contributed by atoms with van der Waals surface area (Å²) in [6.45, 7) is 6.51. The first-order valence-electron chi connectivity index (χ1n) is 12.0. The zero-order chi connectivity index (χ0) is 23.6. The van der Waals surface area contributed by atoms with E-state index < -0.39 is 23.2 Å². The average Bonchev–Trinajstić information content (AvgIpc) is 3.02. The van der Waals surface area contributed by atoms with Crippen molar-refractivity contribution in [3.05, 3.63) is 23.8 Å². The van der Waals surface area contributed by atoms with E-state index in [2.05, 4.69) is 16.0 Å². The molecule has 1 saturated carbocycles. The molecule has 180 valence electrons. The number of carbonyl (C=O) groups excluding carboxylic acids is 3. The van der Waals surface area contributed by atoms with Crippen molar-refractivity contribution in [2.45, 2.75) is 82.8 Å². The zero-order valence-corrected chi connectivity index (χ0v) is 19.8. The summed E-state index contributed by atoms with van der Waals surface area (Å²) in [7, 11) is 0. The van der Waals surface area contributed by atoms with Crippen LogP contribution in [0.3, 0.4) is 0 Å². The van der Waals surface area contributed by atoms with Gasteiger partial charge in [-0.1, -0.05) is 25.3 Å². The van der Waals surface area contributed by atoms with E-state index >= 15 is 0 Å². The third-order valence-corrected chi connectivity index (χ3v) is 6.91. The minimum absolute atomic E-state index is 0.00375. The van der Waals surface area contributed by atoms with Gasteiger partial charge >= 0.3 is 6.09 Å². The highest BCUT2D eigenvalue weighted by molar-refractivity contribution is 6.07. The van der Waals surface area contributed by atoms with Gasteiger partial charge in [0.15, 0.2) is 0 Å². The van der Waals surface area contributed by atoms with Crippen LogP contribution in [0.25, 0.3) is 0 Å². The minimum Gasteiger partial charge on any atom is -0.444 e. The summed E-state index contributed by atoms with van der Waals surface area (Å²) in [4.78, 5) is 38.5. The Labute approximate surface area is 195 Å².